The van der Waals surface area contributed by atoms with Gasteiger partial charge in [0.25, 0.3) is 5.91 Å². The molecule has 8 nitrogen and oxygen atoms in total. The summed E-state index contributed by atoms with van der Waals surface area (Å²) in [6.45, 7) is 1.11. The van der Waals surface area contributed by atoms with Crippen LogP contribution in [0.3, 0.4) is 0 Å². The average molecular weight is 453 g/mol. The molecule has 1 fully saturated rings. The van der Waals surface area contributed by atoms with Crippen molar-refractivity contribution in [2.24, 2.45) is 0 Å². The summed E-state index contributed by atoms with van der Waals surface area (Å²) >= 11 is 0. The highest BCUT2D eigenvalue weighted by Crippen LogP contribution is 2.21. The monoisotopic (exact) mass is 452 g/mol. The third-order valence-corrected chi connectivity index (χ3v) is 5.94. The molecule has 1 aliphatic heterocycles. The van der Waals surface area contributed by atoms with E-state index in [4.69, 9.17) is 5.73 Å². The topological polar surface area (TPSA) is 114 Å². The van der Waals surface area contributed by atoms with Crippen LogP contribution in [0.4, 0.5) is 11.6 Å². The van der Waals surface area contributed by atoms with Crippen LogP contribution in [0.5, 0.6) is 0 Å². The van der Waals surface area contributed by atoms with Gasteiger partial charge in [-0.15, -0.1) is 0 Å². The largest absolute Gasteiger partial charge is 0.383 e. The number of fused-ring (bicyclic) bond motifs is 1. The standard InChI is InChI=1S/C26H24N6O2/c27-25-22-5-3-18(11-20(22)7-8-29-25)15-31-26(34)21-12-19(13-28-16-21)10-17-4-6-23(30-14-17)32-9-1-2-24(32)33/h3-8,11-14,16H,1-2,9-10,15H2,(H2,27,29)(H,31,34). The molecule has 4 heterocycles. The molecule has 0 atom stereocenters. The second kappa shape index (κ2) is 9.27. The summed E-state index contributed by atoms with van der Waals surface area (Å²) in [7, 11) is 0. The lowest BCUT2D eigenvalue weighted by atomic mass is 10.1. The van der Waals surface area contributed by atoms with E-state index < -0.39 is 0 Å². The third-order valence-electron chi connectivity index (χ3n) is 5.94. The van der Waals surface area contributed by atoms with E-state index >= 15 is 0 Å². The summed E-state index contributed by atoms with van der Waals surface area (Å²) < 4.78 is 0. The first-order chi connectivity index (χ1) is 16.6. The number of nitrogen functional groups attached to an aromatic ring is 1. The molecular formula is C26H24N6O2. The van der Waals surface area contributed by atoms with Crippen molar-refractivity contribution in [2.45, 2.75) is 25.8 Å². The maximum atomic E-state index is 12.7. The maximum absolute atomic E-state index is 12.7. The first-order valence-corrected chi connectivity index (χ1v) is 11.2. The van der Waals surface area contributed by atoms with Crippen LogP contribution in [0, 0.1) is 0 Å². The Morgan fingerprint density at radius 3 is 2.68 bits per heavy atom. The van der Waals surface area contributed by atoms with Crippen molar-refractivity contribution in [3.63, 3.8) is 0 Å². The Morgan fingerprint density at radius 1 is 1.00 bits per heavy atom. The van der Waals surface area contributed by atoms with E-state index in [2.05, 4.69) is 20.3 Å². The number of nitrogens with one attached hydrogen (secondary N) is 1. The molecule has 1 aliphatic rings. The highest BCUT2D eigenvalue weighted by Gasteiger charge is 2.22. The number of anilines is 2. The molecule has 1 aromatic carbocycles. The fourth-order valence-corrected chi connectivity index (χ4v) is 4.16. The molecular weight excluding hydrogens is 428 g/mol. The van der Waals surface area contributed by atoms with Gasteiger partial charge in [-0.05, 0) is 52.8 Å². The highest BCUT2D eigenvalue weighted by atomic mass is 16.2. The lowest BCUT2D eigenvalue weighted by Gasteiger charge is -2.14. The Bertz CT molecular complexity index is 1370. The van der Waals surface area contributed by atoms with Crippen LogP contribution in [0.1, 0.15) is 39.9 Å². The van der Waals surface area contributed by atoms with Gasteiger partial charge in [0.2, 0.25) is 5.91 Å². The summed E-state index contributed by atoms with van der Waals surface area (Å²) in [6.07, 6.45) is 8.80. The number of pyridine rings is 3. The minimum Gasteiger partial charge on any atom is -0.383 e. The summed E-state index contributed by atoms with van der Waals surface area (Å²) in [5.41, 5.74) is 9.27. The van der Waals surface area contributed by atoms with E-state index in [0.29, 0.717) is 36.6 Å². The quantitative estimate of drug-likeness (QED) is 0.464. The molecule has 34 heavy (non-hydrogen) atoms. The molecule has 0 spiro atoms. The predicted octanol–water partition coefficient (Wildman–Crippen LogP) is 3.25. The molecule has 8 heteroatoms. The van der Waals surface area contributed by atoms with Crippen molar-refractivity contribution in [1.29, 1.82) is 0 Å². The Morgan fingerprint density at radius 2 is 1.88 bits per heavy atom. The number of hydrogen-bond donors (Lipinski definition) is 2. The van der Waals surface area contributed by atoms with Gasteiger partial charge in [0, 0.05) is 56.1 Å². The highest BCUT2D eigenvalue weighted by molar-refractivity contribution is 5.95. The van der Waals surface area contributed by atoms with Gasteiger partial charge < -0.3 is 11.1 Å². The van der Waals surface area contributed by atoms with Crippen LogP contribution in [0.2, 0.25) is 0 Å². The second-order valence-electron chi connectivity index (χ2n) is 8.37. The average Bonchev–Trinajstić information content (AvgIpc) is 3.29. The molecule has 0 bridgehead atoms. The lowest BCUT2D eigenvalue weighted by Crippen LogP contribution is -2.24. The van der Waals surface area contributed by atoms with Gasteiger partial charge in [-0.3, -0.25) is 19.5 Å². The second-order valence-corrected chi connectivity index (χ2v) is 8.37. The minimum absolute atomic E-state index is 0.119. The number of carbonyl (C=O) groups is 2. The van der Waals surface area contributed by atoms with E-state index in [1.54, 1.807) is 29.7 Å². The molecule has 1 saturated heterocycles. The van der Waals surface area contributed by atoms with Crippen LogP contribution in [0.25, 0.3) is 10.8 Å². The fraction of sp³-hybridized carbons (Fsp3) is 0.192. The van der Waals surface area contributed by atoms with Crippen LogP contribution in [-0.4, -0.2) is 33.3 Å². The molecule has 0 aliphatic carbocycles. The van der Waals surface area contributed by atoms with Gasteiger partial charge >= 0.3 is 0 Å². The van der Waals surface area contributed by atoms with Gasteiger partial charge in [0.1, 0.15) is 11.6 Å². The number of nitrogens with zero attached hydrogens (tertiary/aromatic N) is 4. The Labute approximate surface area is 196 Å². The summed E-state index contributed by atoms with van der Waals surface area (Å²) in [5, 5.41) is 4.83. The van der Waals surface area contributed by atoms with Crippen LogP contribution >= 0.6 is 0 Å². The SMILES string of the molecule is Nc1nccc2cc(CNC(=O)c3cncc(Cc4ccc(N5CCCC5=O)nc4)c3)ccc12. The van der Waals surface area contributed by atoms with Gasteiger partial charge in [-0.1, -0.05) is 18.2 Å². The number of aromatic nitrogens is 3. The van der Waals surface area contributed by atoms with Crippen molar-refractivity contribution in [3.8, 4) is 0 Å². The first kappa shape index (κ1) is 21.5. The molecule has 0 radical (unpaired) electrons. The molecule has 3 N–H and O–H groups in total. The predicted molar refractivity (Wildman–Crippen MR) is 130 cm³/mol. The smallest absolute Gasteiger partial charge is 0.253 e. The Hall–Kier alpha value is -4.33. The number of rotatable bonds is 6. The number of benzene rings is 1. The zero-order valence-electron chi connectivity index (χ0n) is 18.6. The zero-order chi connectivity index (χ0) is 23.5. The van der Waals surface area contributed by atoms with E-state index in [1.165, 1.54) is 0 Å². The maximum Gasteiger partial charge on any atom is 0.253 e. The van der Waals surface area contributed by atoms with Gasteiger partial charge in [0.05, 0.1) is 5.56 Å². The lowest BCUT2D eigenvalue weighted by molar-refractivity contribution is -0.117. The minimum atomic E-state index is -0.190. The number of hydrogen-bond acceptors (Lipinski definition) is 6. The van der Waals surface area contributed by atoms with E-state index in [9.17, 15) is 9.59 Å². The van der Waals surface area contributed by atoms with Crippen molar-refractivity contribution in [3.05, 3.63) is 89.5 Å². The molecule has 170 valence electrons. The van der Waals surface area contributed by atoms with Crippen molar-refractivity contribution < 1.29 is 9.59 Å². The molecule has 0 unspecified atom stereocenters. The van der Waals surface area contributed by atoms with Gasteiger partial charge in [0.15, 0.2) is 0 Å². The summed E-state index contributed by atoms with van der Waals surface area (Å²) in [6, 6.07) is 13.4. The fourth-order valence-electron chi connectivity index (χ4n) is 4.16. The summed E-state index contributed by atoms with van der Waals surface area (Å²) in [5.74, 6) is 1.10. The molecule has 0 saturated carbocycles. The molecule has 3 aromatic heterocycles. The summed E-state index contributed by atoms with van der Waals surface area (Å²) in [4.78, 5) is 39.1. The molecule has 5 rings (SSSR count). The molecule has 4 aromatic rings. The Balaban J connectivity index is 1.23. The molecule has 2 amide bonds. The van der Waals surface area contributed by atoms with E-state index in [1.807, 2.05) is 42.5 Å². The van der Waals surface area contributed by atoms with Gasteiger partial charge in [-0.2, -0.15) is 0 Å². The van der Waals surface area contributed by atoms with Crippen LogP contribution < -0.4 is 16.0 Å². The van der Waals surface area contributed by atoms with Crippen LogP contribution in [0.15, 0.2) is 67.3 Å². The van der Waals surface area contributed by atoms with E-state index in [0.717, 1.165) is 40.4 Å². The number of carbonyl (C=O) groups excluding carboxylic acids is 2. The van der Waals surface area contributed by atoms with Crippen molar-refractivity contribution in [2.75, 3.05) is 17.2 Å². The number of amides is 2. The van der Waals surface area contributed by atoms with Crippen molar-refractivity contribution >= 4 is 34.2 Å². The first-order valence-electron chi connectivity index (χ1n) is 11.2. The normalized spacial score (nSPS) is 13.4. The Kier molecular flexibility index (Phi) is 5.86. The van der Waals surface area contributed by atoms with Crippen LogP contribution in [-0.2, 0) is 17.8 Å². The zero-order valence-corrected chi connectivity index (χ0v) is 18.6. The third kappa shape index (κ3) is 4.56. The van der Waals surface area contributed by atoms with E-state index in [-0.39, 0.29) is 11.8 Å². The number of nitrogens with two attached hydrogens (primary N) is 1. The van der Waals surface area contributed by atoms with Crippen molar-refractivity contribution in [1.82, 2.24) is 20.3 Å². The van der Waals surface area contributed by atoms with Gasteiger partial charge in [-0.25, -0.2) is 9.97 Å².